The normalized spacial score (nSPS) is 17.1. The number of rotatable bonds is 12. The molecule has 1 fully saturated rings. The maximum atomic E-state index is 13.0. The first kappa shape index (κ1) is 31.3. The SMILES string of the molecule is CCN(CC[C@@H](C#N)c1cccc(OC(F)(F)F)c1)C(=O)CCCOc1cccc2c1CN(C1CCC(=O)NC1=O)C2=O. The fourth-order valence-corrected chi connectivity index (χ4v) is 5.23. The fourth-order valence-electron chi connectivity index (χ4n) is 5.23. The van der Waals surface area contributed by atoms with Crippen LogP contribution in [0, 0.1) is 11.3 Å². The fraction of sp³-hybridized carbons (Fsp3) is 0.433. The Morgan fingerprint density at radius 1 is 1.21 bits per heavy atom. The first-order valence-electron chi connectivity index (χ1n) is 13.9. The van der Waals surface area contributed by atoms with Crippen molar-refractivity contribution < 1.29 is 41.8 Å². The molecule has 2 aromatic carbocycles. The van der Waals surface area contributed by atoms with E-state index in [1.165, 1.54) is 17.0 Å². The molecule has 1 unspecified atom stereocenters. The second kappa shape index (κ2) is 13.6. The molecule has 1 saturated heterocycles. The molecule has 4 rings (SSSR count). The van der Waals surface area contributed by atoms with Crippen LogP contribution in [0.25, 0.3) is 0 Å². The molecule has 2 aliphatic rings. The van der Waals surface area contributed by atoms with Crippen LogP contribution in [0.4, 0.5) is 13.2 Å². The number of hydrogen-bond donors (Lipinski definition) is 1. The third-order valence-corrected chi connectivity index (χ3v) is 7.40. The molecular formula is C30H31F3N4O6. The Hall–Kier alpha value is -4.60. The highest BCUT2D eigenvalue weighted by Crippen LogP contribution is 2.34. The van der Waals surface area contributed by atoms with E-state index >= 15 is 0 Å². The summed E-state index contributed by atoms with van der Waals surface area (Å²) in [5.74, 6) is -1.98. The van der Waals surface area contributed by atoms with Gasteiger partial charge in [-0.05, 0) is 56.0 Å². The van der Waals surface area contributed by atoms with Gasteiger partial charge < -0.3 is 19.3 Å². The molecule has 1 N–H and O–H groups in total. The summed E-state index contributed by atoms with van der Waals surface area (Å²) in [5.41, 5.74) is 1.44. The van der Waals surface area contributed by atoms with E-state index in [4.69, 9.17) is 4.74 Å². The zero-order chi connectivity index (χ0) is 31.1. The standard InChI is InChI=1S/C30H31F3N4O6/c1-2-36(14-13-20(17-34)19-6-3-7-21(16-19)43-30(31,32)33)27(39)10-5-15-42-25-9-4-8-22-23(25)18-37(29(22)41)24-11-12-26(38)35-28(24)40/h3-4,6-9,16,20,24H,2,5,10-15,18H2,1H3,(H,35,38,40)/t20-,24?/m0/s1. The first-order valence-corrected chi connectivity index (χ1v) is 13.9. The van der Waals surface area contributed by atoms with E-state index in [-0.39, 0.29) is 63.1 Å². The van der Waals surface area contributed by atoms with E-state index in [0.29, 0.717) is 35.4 Å². The topological polar surface area (TPSA) is 129 Å². The Bertz CT molecular complexity index is 1420. The molecule has 13 heteroatoms. The van der Waals surface area contributed by atoms with E-state index in [1.807, 2.05) is 0 Å². The quantitative estimate of drug-likeness (QED) is 0.288. The molecule has 2 heterocycles. The van der Waals surface area contributed by atoms with E-state index in [2.05, 4.69) is 16.1 Å². The molecular weight excluding hydrogens is 569 g/mol. The lowest BCUT2D eigenvalue weighted by molar-refractivity contribution is -0.274. The van der Waals surface area contributed by atoms with Crippen LogP contribution in [0.5, 0.6) is 11.5 Å². The molecule has 0 spiro atoms. The van der Waals surface area contributed by atoms with Crippen molar-refractivity contribution in [2.45, 2.75) is 63.9 Å². The number of fused-ring (bicyclic) bond motifs is 1. The molecule has 2 aromatic rings. The molecule has 228 valence electrons. The number of imide groups is 1. The van der Waals surface area contributed by atoms with Crippen LogP contribution in [-0.2, 0) is 20.9 Å². The summed E-state index contributed by atoms with van der Waals surface area (Å²) in [6.07, 6.45) is -3.66. The van der Waals surface area contributed by atoms with Crippen molar-refractivity contribution in [1.82, 2.24) is 15.1 Å². The molecule has 0 bridgehead atoms. The number of nitrogens with one attached hydrogen (secondary N) is 1. The van der Waals surface area contributed by atoms with E-state index < -0.39 is 30.0 Å². The van der Waals surface area contributed by atoms with Gasteiger partial charge in [-0.3, -0.25) is 24.5 Å². The van der Waals surface area contributed by atoms with Gasteiger partial charge in [-0.1, -0.05) is 18.2 Å². The second-order valence-corrected chi connectivity index (χ2v) is 10.2. The van der Waals surface area contributed by atoms with Gasteiger partial charge >= 0.3 is 6.36 Å². The number of halogens is 3. The number of amides is 4. The number of piperidine rings is 1. The predicted molar refractivity (Wildman–Crippen MR) is 146 cm³/mol. The van der Waals surface area contributed by atoms with Crippen molar-refractivity contribution in [2.75, 3.05) is 19.7 Å². The number of nitrogens with zero attached hydrogens (tertiary/aromatic N) is 3. The predicted octanol–water partition coefficient (Wildman–Crippen LogP) is 4.05. The largest absolute Gasteiger partial charge is 0.573 e. The van der Waals surface area contributed by atoms with Gasteiger partial charge in [-0.15, -0.1) is 13.2 Å². The Kier molecular flexibility index (Phi) is 9.90. The monoisotopic (exact) mass is 600 g/mol. The van der Waals surface area contributed by atoms with Crippen LogP contribution >= 0.6 is 0 Å². The van der Waals surface area contributed by atoms with Gasteiger partial charge in [0, 0.05) is 37.1 Å². The lowest BCUT2D eigenvalue weighted by Crippen LogP contribution is -2.52. The minimum absolute atomic E-state index is 0.157. The molecule has 43 heavy (non-hydrogen) atoms. The van der Waals surface area contributed by atoms with Crippen LogP contribution < -0.4 is 14.8 Å². The van der Waals surface area contributed by atoms with E-state index in [1.54, 1.807) is 36.1 Å². The van der Waals surface area contributed by atoms with Crippen LogP contribution in [0.2, 0.25) is 0 Å². The highest BCUT2D eigenvalue weighted by molar-refractivity contribution is 6.05. The number of benzene rings is 2. The van der Waals surface area contributed by atoms with Gasteiger partial charge in [-0.25, -0.2) is 0 Å². The maximum Gasteiger partial charge on any atom is 0.573 e. The van der Waals surface area contributed by atoms with Crippen molar-refractivity contribution in [3.05, 3.63) is 59.2 Å². The van der Waals surface area contributed by atoms with Crippen molar-refractivity contribution in [1.29, 1.82) is 5.26 Å². The minimum atomic E-state index is -4.84. The molecule has 4 amide bonds. The molecule has 0 saturated carbocycles. The Morgan fingerprint density at radius 2 is 1.98 bits per heavy atom. The van der Waals surface area contributed by atoms with E-state index in [0.717, 1.165) is 6.07 Å². The molecule has 2 atom stereocenters. The van der Waals surface area contributed by atoms with E-state index in [9.17, 15) is 37.6 Å². The lowest BCUT2D eigenvalue weighted by atomic mass is 9.96. The lowest BCUT2D eigenvalue weighted by Gasteiger charge is -2.29. The molecule has 0 radical (unpaired) electrons. The molecule has 2 aliphatic heterocycles. The average molecular weight is 601 g/mol. The molecule has 0 aromatic heterocycles. The Balaban J connectivity index is 1.27. The molecule has 10 nitrogen and oxygen atoms in total. The Morgan fingerprint density at radius 3 is 2.67 bits per heavy atom. The van der Waals surface area contributed by atoms with Crippen molar-refractivity contribution >= 4 is 23.6 Å². The minimum Gasteiger partial charge on any atom is -0.493 e. The average Bonchev–Trinajstić information content (AvgIpc) is 3.29. The summed E-state index contributed by atoms with van der Waals surface area (Å²) in [5, 5.41) is 11.9. The second-order valence-electron chi connectivity index (χ2n) is 10.2. The van der Waals surface area contributed by atoms with Gasteiger partial charge in [0.25, 0.3) is 5.91 Å². The molecule has 0 aliphatic carbocycles. The summed E-state index contributed by atoms with van der Waals surface area (Å²) in [6.45, 7) is 2.79. The Labute approximate surface area is 246 Å². The van der Waals surface area contributed by atoms with Gasteiger partial charge in [0.2, 0.25) is 17.7 Å². The number of hydrogen-bond acceptors (Lipinski definition) is 7. The summed E-state index contributed by atoms with van der Waals surface area (Å²) in [7, 11) is 0. The zero-order valence-electron chi connectivity index (χ0n) is 23.5. The first-order chi connectivity index (χ1) is 20.5. The van der Waals surface area contributed by atoms with Gasteiger partial charge in [0.15, 0.2) is 0 Å². The van der Waals surface area contributed by atoms with Crippen LogP contribution in [0.3, 0.4) is 0 Å². The number of carbonyl (C=O) groups excluding carboxylic acids is 4. The van der Waals surface area contributed by atoms with Crippen molar-refractivity contribution in [3.63, 3.8) is 0 Å². The zero-order valence-corrected chi connectivity index (χ0v) is 23.5. The van der Waals surface area contributed by atoms with Crippen LogP contribution in [0.1, 0.15) is 66.4 Å². The van der Waals surface area contributed by atoms with Crippen molar-refractivity contribution in [3.8, 4) is 17.6 Å². The highest BCUT2D eigenvalue weighted by atomic mass is 19.4. The number of nitriles is 1. The third kappa shape index (κ3) is 7.82. The highest BCUT2D eigenvalue weighted by Gasteiger charge is 2.40. The summed E-state index contributed by atoms with van der Waals surface area (Å²) in [4.78, 5) is 52.7. The third-order valence-electron chi connectivity index (χ3n) is 7.40. The summed E-state index contributed by atoms with van der Waals surface area (Å²) >= 11 is 0. The van der Waals surface area contributed by atoms with Crippen LogP contribution in [-0.4, -0.2) is 65.5 Å². The van der Waals surface area contributed by atoms with Crippen LogP contribution in [0.15, 0.2) is 42.5 Å². The van der Waals surface area contributed by atoms with Gasteiger partial charge in [-0.2, -0.15) is 5.26 Å². The summed E-state index contributed by atoms with van der Waals surface area (Å²) < 4.78 is 47.6. The number of carbonyl (C=O) groups is 4. The van der Waals surface area contributed by atoms with Gasteiger partial charge in [0.1, 0.15) is 17.5 Å². The van der Waals surface area contributed by atoms with Crippen molar-refractivity contribution in [2.24, 2.45) is 0 Å². The number of alkyl halides is 3. The number of ether oxygens (including phenoxy) is 2. The maximum absolute atomic E-state index is 13.0. The smallest absolute Gasteiger partial charge is 0.493 e. The van der Waals surface area contributed by atoms with Gasteiger partial charge in [0.05, 0.1) is 25.1 Å². The summed E-state index contributed by atoms with van der Waals surface area (Å²) in [6, 6.07) is 11.7.